The number of nitrogens with one attached hydrogen (secondary N) is 1. The molecular weight excluding hydrogens is 372 g/mol. The molecule has 1 N–H and O–H groups in total. The summed E-state index contributed by atoms with van der Waals surface area (Å²) < 4.78 is 15.4. The van der Waals surface area contributed by atoms with Gasteiger partial charge in [-0.2, -0.15) is 0 Å². The van der Waals surface area contributed by atoms with Crippen LogP contribution in [0.4, 0.5) is 11.4 Å². The van der Waals surface area contributed by atoms with Crippen LogP contribution in [-0.2, 0) is 19.1 Å². The lowest BCUT2D eigenvalue weighted by Crippen LogP contribution is -2.36. The molecule has 2 aromatic carbocycles. The molecule has 0 saturated carbocycles. The molecule has 0 aromatic heterocycles. The SMILES string of the molecule is COc1ccc(/C=C/C(=O)OCC(=O)Nc2ccc(N3CCOCC3)cc2)cc1. The van der Waals surface area contributed by atoms with Crippen LogP contribution >= 0.6 is 0 Å². The summed E-state index contributed by atoms with van der Waals surface area (Å²) in [5.41, 5.74) is 2.56. The second-order valence-electron chi connectivity index (χ2n) is 6.41. The quantitative estimate of drug-likeness (QED) is 0.573. The smallest absolute Gasteiger partial charge is 0.331 e. The van der Waals surface area contributed by atoms with Crippen molar-refractivity contribution in [2.75, 3.05) is 50.2 Å². The molecule has 3 rings (SSSR count). The maximum atomic E-state index is 12.0. The predicted molar refractivity (Wildman–Crippen MR) is 111 cm³/mol. The summed E-state index contributed by atoms with van der Waals surface area (Å²) >= 11 is 0. The highest BCUT2D eigenvalue weighted by atomic mass is 16.5. The number of nitrogens with zero attached hydrogens (tertiary/aromatic N) is 1. The number of esters is 1. The van der Waals surface area contributed by atoms with Crippen LogP contribution in [0.25, 0.3) is 6.08 Å². The highest BCUT2D eigenvalue weighted by molar-refractivity contribution is 5.94. The topological polar surface area (TPSA) is 77.1 Å². The number of carbonyl (C=O) groups excluding carboxylic acids is 2. The van der Waals surface area contributed by atoms with Crippen LogP contribution in [0.5, 0.6) is 5.75 Å². The molecule has 0 aliphatic carbocycles. The van der Waals surface area contributed by atoms with Crippen molar-refractivity contribution >= 4 is 29.3 Å². The first-order chi connectivity index (χ1) is 14.1. The minimum absolute atomic E-state index is 0.350. The molecule has 7 heteroatoms. The maximum absolute atomic E-state index is 12.0. The van der Waals surface area contributed by atoms with Gasteiger partial charge in [0.1, 0.15) is 5.75 Å². The average Bonchev–Trinajstić information content (AvgIpc) is 2.78. The number of methoxy groups -OCH3 is 1. The summed E-state index contributed by atoms with van der Waals surface area (Å²) in [6, 6.07) is 14.8. The Morgan fingerprint density at radius 2 is 1.76 bits per heavy atom. The van der Waals surface area contributed by atoms with Crippen molar-refractivity contribution < 1.29 is 23.8 Å². The van der Waals surface area contributed by atoms with Crippen molar-refractivity contribution in [3.63, 3.8) is 0 Å². The van der Waals surface area contributed by atoms with Crippen molar-refractivity contribution in [3.8, 4) is 5.75 Å². The third-order valence-electron chi connectivity index (χ3n) is 4.40. The van der Waals surface area contributed by atoms with Crippen LogP contribution in [0.1, 0.15) is 5.56 Å². The van der Waals surface area contributed by atoms with Gasteiger partial charge in [0.25, 0.3) is 5.91 Å². The molecule has 0 spiro atoms. The molecule has 1 fully saturated rings. The summed E-state index contributed by atoms with van der Waals surface area (Å²) in [4.78, 5) is 26.0. The number of carbonyl (C=O) groups is 2. The van der Waals surface area contributed by atoms with Crippen LogP contribution in [0.3, 0.4) is 0 Å². The fourth-order valence-corrected chi connectivity index (χ4v) is 2.84. The Labute approximate surface area is 169 Å². The second kappa shape index (κ2) is 10.3. The largest absolute Gasteiger partial charge is 0.497 e. The number of amides is 1. The second-order valence-corrected chi connectivity index (χ2v) is 6.41. The minimum atomic E-state index is -0.585. The number of morpholine rings is 1. The van der Waals surface area contributed by atoms with Gasteiger partial charge < -0.3 is 24.4 Å². The van der Waals surface area contributed by atoms with Crippen molar-refractivity contribution in [1.29, 1.82) is 0 Å². The van der Waals surface area contributed by atoms with E-state index in [2.05, 4.69) is 10.2 Å². The zero-order valence-electron chi connectivity index (χ0n) is 16.3. The molecule has 1 saturated heterocycles. The molecule has 1 aliphatic rings. The fraction of sp³-hybridized carbons (Fsp3) is 0.273. The van der Waals surface area contributed by atoms with Gasteiger partial charge in [0.05, 0.1) is 20.3 Å². The van der Waals surface area contributed by atoms with Crippen molar-refractivity contribution in [2.45, 2.75) is 0 Å². The Morgan fingerprint density at radius 1 is 1.07 bits per heavy atom. The normalized spacial score (nSPS) is 13.9. The lowest BCUT2D eigenvalue weighted by molar-refractivity contribution is -0.142. The number of rotatable bonds is 7. The van der Waals surface area contributed by atoms with Crippen LogP contribution in [0.2, 0.25) is 0 Å². The van der Waals surface area contributed by atoms with Crippen LogP contribution in [-0.4, -0.2) is 51.9 Å². The third-order valence-corrected chi connectivity index (χ3v) is 4.40. The first-order valence-corrected chi connectivity index (χ1v) is 9.35. The molecule has 1 heterocycles. The molecule has 0 bridgehead atoms. The van der Waals surface area contributed by atoms with E-state index < -0.39 is 11.9 Å². The molecule has 0 unspecified atom stereocenters. The number of ether oxygens (including phenoxy) is 3. The molecule has 7 nitrogen and oxygen atoms in total. The standard InChI is InChI=1S/C22H24N2O5/c1-27-20-9-2-17(3-10-20)4-11-22(26)29-16-21(25)23-18-5-7-19(8-6-18)24-12-14-28-15-13-24/h2-11H,12-16H2,1H3,(H,23,25)/b11-4+. The Morgan fingerprint density at radius 3 is 2.41 bits per heavy atom. The van der Waals surface area contributed by atoms with Crippen LogP contribution in [0, 0.1) is 0 Å². The Bertz CT molecular complexity index is 841. The first-order valence-electron chi connectivity index (χ1n) is 9.35. The summed E-state index contributed by atoms with van der Waals surface area (Å²) in [5.74, 6) is -0.242. The molecule has 152 valence electrons. The number of hydrogen-bond acceptors (Lipinski definition) is 6. The Kier molecular flexibility index (Phi) is 7.24. The van der Waals surface area contributed by atoms with E-state index >= 15 is 0 Å². The van der Waals surface area contributed by atoms with Gasteiger partial charge in [-0.3, -0.25) is 4.79 Å². The fourth-order valence-electron chi connectivity index (χ4n) is 2.84. The summed E-state index contributed by atoms with van der Waals surface area (Å²) in [6.07, 6.45) is 2.90. The molecular formula is C22H24N2O5. The van der Waals surface area contributed by atoms with Crippen molar-refractivity contribution in [3.05, 3.63) is 60.2 Å². The summed E-state index contributed by atoms with van der Waals surface area (Å²) in [5, 5.41) is 2.72. The lowest BCUT2D eigenvalue weighted by atomic mass is 10.2. The highest BCUT2D eigenvalue weighted by Gasteiger charge is 2.11. The van der Waals surface area contributed by atoms with Crippen LogP contribution < -0.4 is 15.0 Å². The Hall–Kier alpha value is -3.32. The van der Waals surface area contributed by atoms with E-state index in [1.165, 1.54) is 6.08 Å². The molecule has 1 aliphatic heterocycles. The number of anilines is 2. The van der Waals surface area contributed by atoms with E-state index in [4.69, 9.17) is 14.2 Å². The zero-order valence-corrected chi connectivity index (χ0v) is 16.3. The number of benzene rings is 2. The maximum Gasteiger partial charge on any atom is 0.331 e. The summed E-state index contributed by atoms with van der Waals surface area (Å²) in [6.45, 7) is 2.79. The van der Waals surface area contributed by atoms with Gasteiger partial charge in [-0.1, -0.05) is 12.1 Å². The molecule has 2 aromatic rings. The third kappa shape index (κ3) is 6.36. The van der Waals surface area contributed by atoms with Gasteiger partial charge in [0.2, 0.25) is 0 Å². The van der Waals surface area contributed by atoms with Crippen molar-refractivity contribution in [1.82, 2.24) is 0 Å². The van der Waals surface area contributed by atoms with Gasteiger partial charge >= 0.3 is 5.97 Å². The summed E-state index contributed by atoms with van der Waals surface area (Å²) in [7, 11) is 1.59. The van der Waals surface area contributed by atoms with E-state index in [-0.39, 0.29) is 6.61 Å². The van der Waals surface area contributed by atoms with Gasteiger partial charge in [-0.15, -0.1) is 0 Å². The van der Waals surface area contributed by atoms with Crippen molar-refractivity contribution in [2.24, 2.45) is 0 Å². The molecule has 1 amide bonds. The van der Waals surface area contributed by atoms with Gasteiger partial charge in [0.15, 0.2) is 6.61 Å². The molecule has 29 heavy (non-hydrogen) atoms. The van der Waals surface area contributed by atoms with Gasteiger partial charge in [0, 0.05) is 30.5 Å². The number of hydrogen-bond donors (Lipinski definition) is 1. The van der Waals surface area contributed by atoms with Gasteiger partial charge in [-0.25, -0.2) is 4.79 Å². The molecule has 0 atom stereocenters. The predicted octanol–water partition coefficient (Wildman–Crippen LogP) is 2.73. The monoisotopic (exact) mass is 396 g/mol. The van der Waals surface area contributed by atoms with Crippen LogP contribution in [0.15, 0.2) is 54.6 Å². The molecule has 0 radical (unpaired) electrons. The van der Waals surface area contributed by atoms with E-state index in [1.807, 2.05) is 36.4 Å². The minimum Gasteiger partial charge on any atom is -0.497 e. The average molecular weight is 396 g/mol. The first kappa shape index (κ1) is 20.4. The Balaban J connectivity index is 1.42. The lowest BCUT2D eigenvalue weighted by Gasteiger charge is -2.28. The van der Waals surface area contributed by atoms with E-state index in [9.17, 15) is 9.59 Å². The van der Waals surface area contributed by atoms with Gasteiger partial charge in [-0.05, 0) is 48.0 Å². The van der Waals surface area contributed by atoms with E-state index in [1.54, 1.807) is 25.3 Å². The highest BCUT2D eigenvalue weighted by Crippen LogP contribution is 2.19. The zero-order chi connectivity index (χ0) is 20.5. The van der Waals surface area contributed by atoms with E-state index in [0.29, 0.717) is 5.69 Å². The van der Waals surface area contributed by atoms with E-state index in [0.717, 1.165) is 43.3 Å².